The molecule has 1 aromatic heterocycles. The first-order valence-corrected chi connectivity index (χ1v) is 7.78. The molecule has 0 bridgehead atoms. The van der Waals surface area contributed by atoms with Crippen LogP contribution in [0.15, 0.2) is 17.6 Å². The van der Waals surface area contributed by atoms with Crippen LogP contribution in [0.3, 0.4) is 0 Å². The minimum absolute atomic E-state index is 0.0260. The van der Waals surface area contributed by atoms with Crippen molar-refractivity contribution in [2.75, 3.05) is 0 Å². The molecule has 7 nitrogen and oxygen atoms in total. The Kier molecular flexibility index (Phi) is 3.64. The second-order valence-corrected chi connectivity index (χ2v) is 6.48. The molecule has 2 rings (SSSR count). The van der Waals surface area contributed by atoms with E-state index in [1.165, 1.54) is 12.5 Å². The largest absolute Gasteiger partial charge is 0.386 e. The lowest BCUT2D eigenvalue weighted by atomic mass is 9.98. The van der Waals surface area contributed by atoms with Gasteiger partial charge in [0.15, 0.2) is 5.03 Å². The molecular weight excluding hydrogens is 266 g/mol. The molecule has 1 aromatic rings. The highest BCUT2D eigenvalue weighted by atomic mass is 32.2. The summed E-state index contributed by atoms with van der Waals surface area (Å²) in [4.78, 5) is 3.89. The van der Waals surface area contributed by atoms with Gasteiger partial charge in [0.05, 0.1) is 11.9 Å². The number of nitrogens with one attached hydrogen (secondary N) is 2. The highest BCUT2D eigenvalue weighted by Crippen LogP contribution is 2.31. The second-order valence-electron chi connectivity index (χ2n) is 4.85. The first-order chi connectivity index (χ1) is 8.89. The van der Waals surface area contributed by atoms with Gasteiger partial charge in [0.1, 0.15) is 5.84 Å². The van der Waals surface area contributed by atoms with Crippen LogP contribution in [0.2, 0.25) is 0 Å². The van der Waals surface area contributed by atoms with Crippen LogP contribution < -0.4 is 10.5 Å². The monoisotopic (exact) mass is 285 g/mol. The number of hydrogen-bond donors (Lipinski definition) is 3. The Morgan fingerprint density at radius 2 is 2.21 bits per heavy atom. The van der Waals surface area contributed by atoms with Crippen LogP contribution in [0.1, 0.15) is 32.6 Å². The number of imidazole rings is 1. The fraction of sp³-hybridized carbons (Fsp3) is 0.636. The predicted molar refractivity (Wildman–Crippen MR) is 71.3 cm³/mol. The molecule has 1 heterocycles. The molecule has 0 unspecified atom stereocenters. The molecule has 4 N–H and O–H groups in total. The maximum atomic E-state index is 12.3. The van der Waals surface area contributed by atoms with Gasteiger partial charge in [-0.25, -0.2) is 13.4 Å². The highest BCUT2D eigenvalue weighted by Gasteiger charge is 2.41. The minimum atomic E-state index is -3.74. The first kappa shape index (κ1) is 14.0. The number of aryl methyl sites for hydroxylation is 1. The van der Waals surface area contributed by atoms with E-state index in [1.54, 1.807) is 4.57 Å². The molecule has 0 aromatic carbocycles. The van der Waals surface area contributed by atoms with Gasteiger partial charge in [-0.3, -0.25) is 5.41 Å². The summed E-state index contributed by atoms with van der Waals surface area (Å²) in [5.41, 5.74) is 4.64. The third kappa shape index (κ3) is 2.64. The van der Waals surface area contributed by atoms with Crippen LogP contribution in [-0.2, 0) is 16.6 Å². The quantitative estimate of drug-likeness (QED) is 0.537. The van der Waals surface area contributed by atoms with Gasteiger partial charge in [-0.2, -0.15) is 4.72 Å². The highest BCUT2D eigenvalue weighted by molar-refractivity contribution is 7.89. The Hall–Kier alpha value is -1.41. The first-order valence-electron chi connectivity index (χ1n) is 6.30. The van der Waals surface area contributed by atoms with Gasteiger partial charge >= 0.3 is 0 Å². The van der Waals surface area contributed by atoms with Crippen molar-refractivity contribution in [2.45, 2.75) is 49.7 Å². The molecule has 106 valence electrons. The number of hydrogen-bond acceptors (Lipinski definition) is 4. The van der Waals surface area contributed by atoms with E-state index in [4.69, 9.17) is 11.1 Å². The van der Waals surface area contributed by atoms with Crippen molar-refractivity contribution >= 4 is 15.9 Å². The summed E-state index contributed by atoms with van der Waals surface area (Å²) in [7, 11) is -3.74. The normalized spacial score (nSPS) is 18.6. The smallest absolute Gasteiger partial charge is 0.260 e. The van der Waals surface area contributed by atoms with Gasteiger partial charge in [-0.1, -0.05) is 12.8 Å². The van der Waals surface area contributed by atoms with Crippen LogP contribution in [0.4, 0.5) is 0 Å². The summed E-state index contributed by atoms with van der Waals surface area (Å²) in [5.74, 6) is -0.122. The zero-order valence-corrected chi connectivity index (χ0v) is 11.7. The Balaban J connectivity index is 2.27. The molecule has 1 aliphatic carbocycles. The fourth-order valence-electron chi connectivity index (χ4n) is 2.37. The van der Waals surface area contributed by atoms with Crippen LogP contribution >= 0.6 is 0 Å². The average molecular weight is 285 g/mol. The van der Waals surface area contributed by atoms with E-state index in [0.29, 0.717) is 19.4 Å². The maximum absolute atomic E-state index is 12.3. The topological polar surface area (TPSA) is 114 Å². The zero-order valence-electron chi connectivity index (χ0n) is 10.9. The summed E-state index contributed by atoms with van der Waals surface area (Å²) >= 11 is 0. The molecule has 0 atom stereocenters. The van der Waals surface area contributed by atoms with Gasteiger partial charge in [0.25, 0.3) is 10.0 Å². The Bertz CT molecular complexity index is 572. The molecular formula is C11H19N5O2S. The predicted octanol–water partition coefficient (Wildman–Crippen LogP) is 0.430. The van der Waals surface area contributed by atoms with E-state index in [1.807, 2.05) is 6.92 Å². The Labute approximate surface area is 112 Å². The summed E-state index contributed by atoms with van der Waals surface area (Å²) in [6.07, 6.45) is 5.82. The maximum Gasteiger partial charge on any atom is 0.260 e. The van der Waals surface area contributed by atoms with Gasteiger partial charge in [-0.15, -0.1) is 0 Å². The van der Waals surface area contributed by atoms with E-state index in [0.717, 1.165) is 12.8 Å². The minimum Gasteiger partial charge on any atom is -0.386 e. The lowest BCUT2D eigenvalue weighted by molar-refractivity contribution is 0.494. The number of rotatable bonds is 5. The van der Waals surface area contributed by atoms with Crippen LogP contribution in [0.25, 0.3) is 0 Å². The van der Waals surface area contributed by atoms with Crippen molar-refractivity contribution in [3.8, 4) is 0 Å². The zero-order chi connectivity index (χ0) is 14.1. The molecule has 1 aliphatic rings. The molecule has 0 spiro atoms. The SMILES string of the molecule is CCn1cnc(S(=O)(=O)NC2(C(=N)N)CCCC2)c1. The van der Waals surface area contributed by atoms with Gasteiger partial charge in [-0.05, 0) is 19.8 Å². The van der Waals surface area contributed by atoms with E-state index in [9.17, 15) is 8.42 Å². The van der Waals surface area contributed by atoms with Crippen molar-refractivity contribution in [2.24, 2.45) is 5.73 Å². The second kappa shape index (κ2) is 4.93. The van der Waals surface area contributed by atoms with E-state index >= 15 is 0 Å². The molecule has 19 heavy (non-hydrogen) atoms. The van der Waals surface area contributed by atoms with Crippen molar-refractivity contribution in [1.29, 1.82) is 5.41 Å². The van der Waals surface area contributed by atoms with Crippen LogP contribution in [0, 0.1) is 5.41 Å². The lowest BCUT2D eigenvalue weighted by Crippen LogP contribution is -2.55. The molecule has 1 saturated carbocycles. The number of nitrogens with two attached hydrogens (primary N) is 1. The Morgan fingerprint density at radius 1 is 1.58 bits per heavy atom. The van der Waals surface area contributed by atoms with Gasteiger partial charge in [0, 0.05) is 12.7 Å². The van der Waals surface area contributed by atoms with Crippen molar-refractivity contribution in [3.05, 3.63) is 12.5 Å². The summed E-state index contributed by atoms with van der Waals surface area (Å²) in [6, 6.07) is 0. The number of amidine groups is 1. The van der Waals surface area contributed by atoms with Crippen molar-refractivity contribution in [3.63, 3.8) is 0 Å². The molecule has 1 fully saturated rings. The third-order valence-corrected chi connectivity index (χ3v) is 4.97. The van der Waals surface area contributed by atoms with Crippen LogP contribution in [-0.4, -0.2) is 29.3 Å². The molecule has 0 amide bonds. The molecule has 8 heteroatoms. The molecule has 0 aliphatic heterocycles. The van der Waals surface area contributed by atoms with Gasteiger partial charge < -0.3 is 10.3 Å². The van der Waals surface area contributed by atoms with Crippen molar-refractivity contribution < 1.29 is 8.42 Å². The van der Waals surface area contributed by atoms with Crippen molar-refractivity contribution in [1.82, 2.24) is 14.3 Å². The van der Waals surface area contributed by atoms with E-state index < -0.39 is 15.6 Å². The summed E-state index contributed by atoms with van der Waals surface area (Å²) in [6.45, 7) is 2.56. The van der Waals surface area contributed by atoms with Gasteiger partial charge in [0.2, 0.25) is 0 Å². The van der Waals surface area contributed by atoms with Crippen LogP contribution in [0.5, 0.6) is 0 Å². The number of aromatic nitrogens is 2. The lowest BCUT2D eigenvalue weighted by Gasteiger charge is -2.27. The summed E-state index contributed by atoms with van der Waals surface area (Å²) < 4.78 is 28.8. The summed E-state index contributed by atoms with van der Waals surface area (Å²) in [5, 5.41) is 7.62. The third-order valence-electron chi connectivity index (χ3n) is 3.55. The number of nitrogens with zero attached hydrogens (tertiary/aromatic N) is 2. The Morgan fingerprint density at radius 3 is 2.68 bits per heavy atom. The molecule has 0 saturated heterocycles. The fourth-order valence-corrected chi connectivity index (χ4v) is 3.76. The van der Waals surface area contributed by atoms with E-state index in [2.05, 4.69) is 9.71 Å². The average Bonchev–Trinajstić information content (AvgIpc) is 2.96. The van der Waals surface area contributed by atoms with E-state index in [-0.39, 0.29) is 10.9 Å². The standard InChI is InChI=1S/C11H19N5O2S/c1-2-16-7-9(14-8-16)19(17,18)15-11(10(12)13)5-3-4-6-11/h7-8,15H,2-6H2,1H3,(H3,12,13). The molecule has 0 radical (unpaired) electrons. The number of sulfonamides is 1.